The number of Topliss-reactive ketones (excluding diaryl/α,β-unsaturated/α-hetero) is 1. The summed E-state index contributed by atoms with van der Waals surface area (Å²) in [6.45, 7) is 1.39. The number of ketones is 1. The largest absolute Gasteiger partial charge is 0.402 e. The minimum absolute atomic E-state index is 0.211. The lowest BCUT2D eigenvalue weighted by Crippen LogP contribution is -2.15. The molecule has 0 aliphatic rings. The minimum Gasteiger partial charge on any atom is -0.402 e. The molecule has 0 aromatic heterocycles. The predicted octanol–water partition coefficient (Wildman–Crippen LogP) is 5.41. The van der Waals surface area contributed by atoms with Gasteiger partial charge in [0.15, 0.2) is 0 Å². The first-order valence-electron chi connectivity index (χ1n) is 8.33. The lowest BCUT2D eigenvalue weighted by atomic mass is 10.3. The molecule has 0 bridgehead atoms. The van der Waals surface area contributed by atoms with Crippen LogP contribution in [0.4, 0.5) is 0 Å². The van der Waals surface area contributed by atoms with Crippen molar-refractivity contribution < 1.29 is 13.8 Å². The molecule has 0 saturated carbocycles. The van der Waals surface area contributed by atoms with E-state index in [0.717, 1.165) is 14.7 Å². The number of rotatable bonds is 6. The van der Waals surface area contributed by atoms with Gasteiger partial charge in [0, 0.05) is 14.7 Å². The molecule has 132 valence electrons. The molecule has 4 heteroatoms. The molecule has 0 heterocycles. The Morgan fingerprint density at radius 3 is 1.35 bits per heavy atom. The third-order valence-corrected chi connectivity index (χ3v) is 7.08. The zero-order chi connectivity index (χ0) is 18.4. The van der Waals surface area contributed by atoms with Gasteiger partial charge in [-0.05, 0) is 53.6 Å². The van der Waals surface area contributed by atoms with E-state index in [1.54, 1.807) is 0 Å². The number of benzene rings is 3. The highest BCUT2D eigenvalue weighted by atomic mass is 32.3. The molecule has 3 rings (SSSR count). The Morgan fingerprint density at radius 1 is 0.692 bits per heavy atom. The van der Waals surface area contributed by atoms with E-state index in [1.807, 2.05) is 91.0 Å². The molecule has 0 amide bonds. The third kappa shape index (κ3) is 3.70. The number of carbonyl (C=O) groups is 2. The summed E-state index contributed by atoms with van der Waals surface area (Å²) in [6.07, 6.45) is -0.235. The predicted molar refractivity (Wildman–Crippen MR) is 103 cm³/mol. The second kappa shape index (κ2) is 8.02. The van der Waals surface area contributed by atoms with Crippen LogP contribution in [0.3, 0.4) is 0 Å². The molecule has 0 N–H and O–H groups in total. The van der Waals surface area contributed by atoms with E-state index < -0.39 is 16.3 Å². The van der Waals surface area contributed by atoms with Crippen molar-refractivity contribution in [3.63, 3.8) is 0 Å². The molecule has 0 aliphatic heterocycles. The Balaban J connectivity index is 2.24. The van der Waals surface area contributed by atoms with Gasteiger partial charge in [-0.1, -0.05) is 54.6 Å². The van der Waals surface area contributed by atoms with Crippen molar-refractivity contribution >= 4 is 22.1 Å². The normalized spacial score (nSPS) is 11.6. The van der Waals surface area contributed by atoms with Crippen LogP contribution in [0, 0.1) is 0 Å². The van der Waals surface area contributed by atoms with Crippen LogP contribution in [0.2, 0.25) is 0 Å². The highest BCUT2D eigenvalue weighted by Gasteiger charge is 2.35. The van der Waals surface area contributed by atoms with E-state index in [1.165, 1.54) is 6.92 Å². The Morgan fingerprint density at radius 2 is 1.04 bits per heavy atom. The van der Waals surface area contributed by atoms with Crippen LogP contribution in [-0.4, -0.2) is 11.8 Å². The second-order valence-corrected chi connectivity index (χ2v) is 8.52. The fourth-order valence-corrected chi connectivity index (χ4v) is 5.83. The third-order valence-electron chi connectivity index (χ3n) is 3.84. The molecule has 0 aliphatic carbocycles. The van der Waals surface area contributed by atoms with Crippen molar-refractivity contribution in [1.29, 1.82) is 0 Å². The number of carbonyl (C=O) groups excluding carboxylic acids is 2. The summed E-state index contributed by atoms with van der Waals surface area (Å²) < 4.78 is 6.13. The van der Waals surface area contributed by atoms with Crippen LogP contribution in [0.1, 0.15) is 13.3 Å². The molecule has 26 heavy (non-hydrogen) atoms. The van der Waals surface area contributed by atoms with Gasteiger partial charge in [-0.15, -0.1) is 0 Å². The maximum Gasteiger partial charge on any atom is 0.324 e. The molecule has 0 fully saturated rings. The SMILES string of the molecule is CC(=O)CC(=O)OS(c1ccccc1)(c1ccccc1)c1ccccc1. The van der Waals surface area contributed by atoms with Gasteiger partial charge in [0.25, 0.3) is 0 Å². The van der Waals surface area contributed by atoms with Crippen molar-refractivity contribution in [3.05, 3.63) is 91.0 Å². The van der Waals surface area contributed by atoms with Gasteiger partial charge in [0.1, 0.15) is 12.2 Å². The first-order valence-corrected chi connectivity index (χ1v) is 9.89. The van der Waals surface area contributed by atoms with Gasteiger partial charge in [-0.2, -0.15) is 0 Å². The summed E-state index contributed by atoms with van der Waals surface area (Å²) >= 11 is 0. The van der Waals surface area contributed by atoms with Gasteiger partial charge in [0.05, 0.1) is 0 Å². The highest BCUT2D eigenvalue weighted by molar-refractivity contribution is 8.30. The zero-order valence-electron chi connectivity index (χ0n) is 14.5. The Hall–Kier alpha value is -2.85. The van der Waals surface area contributed by atoms with Crippen LogP contribution < -0.4 is 0 Å². The first kappa shape index (κ1) is 18.0. The second-order valence-electron chi connectivity index (χ2n) is 5.83. The van der Waals surface area contributed by atoms with E-state index >= 15 is 0 Å². The van der Waals surface area contributed by atoms with E-state index in [0.29, 0.717) is 0 Å². The van der Waals surface area contributed by atoms with Crippen molar-refractivity contribution in [1.82, 2.24) is 0 Å². The van der Waals surface area contributed by atoms with E-state index in [4.69, 9.17) is 4.18 Å². The topological polar surface area (TPSA) is 43.4 Å². The fourth-order valence-electron chi connectivity index (χ4n) is 2.76. The number of hydrogen-bond donors (Lipinski definition) is 0. The summed E-state index contributed by atoms with van der Waals surface area (Å²) in [6, 6.07) is 29.2. The smallest absolute Gasteiger partial charge is 0.324 e. The molecular weight excluding hydrogens is 344 g/mol. The molecule has 3 aromatic carbocycles. The Kier molecular flexibility index (Phi) is 5.54. The average molecular weight is 364 g/mol. The Labute approximate surface area is 155 Å². The monoisotopic (exact) mass is 364 g/mol. The van der Waals surface area contributed by atoms with Crippen LogP contribution in [0.5, 0.6) is 0 Å². The van der Waals surface area contributed by atoms with Crippen molar-refractivity contribution in [2.45, 2.75) is 28.0 Å². The van der Waals surface area contributed by atoms with Gasteiger partial charge in [-0.3, -0.25) is 9.59 Å². The standard InChI is InChI=1S/C22H20O3S/c1-18(23)17-22(24)25-26(19-11-5-2-6-12-19,20-13-7-3-8-14-20)21-15-9-4-10-16-21/h2-16H,17H2,1H3. The van der Waals surface area contributed by atoms with Crippen molar-refractivity contribution in [2.75, 3.05) is 0 Å². The van der Waals surface area contributed by atoms with Gasteiger partial charge in [-0.25, -0.2) is 0 Å². The quantitative estimate of drug-likeness (QED) is 0.550. The molecule has 0 saturated heterocycles. The lowest BCUT2D eigenvalue weighted by molar-refractivity contribution is -0.136. The van der Waals surface area contributed by atoms with Gasteiger partial charge in [0.2, 0.25) is 0 Å². The molecule has 0 atom stereocenters. The zero-order valence-corrected chi connectivity index (χ0v) is 15.3. The molecule has 3 nitrogen and oxygen atoms in total. The first-order chi connectivity index (χ1) is 12.6. The molecule has 0 unspecified atom stereocenters. The lowest BCUT2D eigenvalue weighted by Gasteiger charge is -2.39. The summed E-state index contributed by atoms with van der Waals surface area (Å²) in [5.41, 5.74) is 0. The van der Waals surface area contributed by atoms with Crippen LogP contribution in [0.25, 0.3) is 0 Å². The summed E-state index contributed by atoms with van der Waals surface area (Å²) in [5.74, 6) is -0.721. The van der Waals surface area contributed by atoms with Crippen LogP contribution in [0.15, 0.2) is 106 Å². The molecule has 0 spiro atoms. The number of hydrogen-bond acceptors (Lipinski definition) is 3. The maximum atomic E-state index is 12.6. The minimum atomic E-state index is -2.28. The van der Waals surface area contributed by atoms with Crippen LogP contribution >= 0.6 is 10.3 Å². The Bertz CT molecular complexity index is 780. The highest BCUT2D eigenvalue weighted by Crippen LogP contribution is 2.69. The summed E-state index contributed by atoms with van der Waals surface area (Å²) in [7, 11) is -2.28. The maximum absolute atomic E-state index is 12.6. The van der Waals surface area contributed by atoms with Crippen molar-refractivity contribution in [3.8, 4) is 0 Å². The van der Waals surface area contributed by atoms with Gasteiger partial charge < -0.3 is 4.18 Å². The summed E-state index contributed by atoms with van der Waals surface area (Å²) in [5, 5.41) is 0. The van der Waals surface area contributed by atoms with E-state index in [9.17, 15) is 9.59 Å². The van der Waals surface area contributed by atoms with Crippen molar-refractivity contribution in [2.24, 2.45) is 0 Å². The summed E-state index contributed by atoms with van der Waals surface area (Å²) in [4.78, 5) is 26.8. The van der Waals surface area contributed by atoms with Crippen LogP contribution in [-0.2, 0) is 13.8 Å². The van der Waals surface area contributed by atoms with E-state index in [-0.39, 0.29) is 12.2 Å². The average Bonchev–Trinajstić information content (AvgIpc) is 2.67. The molecular formula is C22H20O3S. The fraction of sp³-hybridized carbons (Fsp3) is 0.0909. The molecule has 3 aromatic rings. The van der Waals surface area contributed by atoms with E-state index in [2.05, 4.69) is 0 Å². The van der Waals surface area contributed by atoms with Gasteiger partial charge >= 0.3 is 5.97 Å². The molecule has 0 radical (unpaired) electrons.